The van der Waals surface area contributed by atoms with Gasteiger partial charge in [-0.2, -0.15) is 0 Å². The Morgan fingerprint density at radius 2 is 1.86 bits per heavy atom. The average molecular weight is 233 g/mol. The Hall–Kier alpha value is -0.0900. The number of nitrogens with zero attached hydrogens (tertiary/aromatic N) is 1. The number of rotatable bonds is 3. The van der Waals surface area contributed by atoms with E-state index < -0.39 is 0 Å². The highest BCUT2D eigenvalue weighted by molar-refractivity contribution is 8.22. The highest BCUT2D eigenvalue weighted by Gasteiger charge is 2.20. The van der Waals surface area contributed by atoms with Gasteiger partial charge in [-0.15, -0.1) is 0 Å². The van der Waals surface area contributed by atoms with E-state index in [9.17, 15) is 4.79 Å². The molecule has 0 bridgehead atoms. The molecule has 14 heavy (non-hydrogen) atoms. The van der Waals surface area contributed by atoms with Crippen LogP contribution in [0.3, 0.4) is 0 Å². The number of thioether (sulfide) groups is 1. The Morgan fingerprint density at radius 1 is 1.36 bits per heavy atom. The van der Waals surface area contributed by atoms with Crippen molar-refractivity contribution in [3.05, 3.63) is 0 Å². The van der Waals surface area contributed by atoms with Gasteiger partial charge >= 0.3 is 0 Å². The fraction of sp³-hybridized carbons (Fsp3) is 0.800. The molecule has 0 rings (SSSR count). The topological polar surface area (TPSA) is 20.3 Å². The second-order valence-electron chi connectivity index (χ2n) is 4.43. The van der Waals surface area contributed by atoms with Gasteiger partial charge in [-0.05, 0) is 0 Å². The van der Waals surface area contributed by atoms with Crippen molar-refractivity contribution in [1.82, 2.24) is 4.90 Å². The van der Waals surface area contributed by atoms with Crippen molar-refractivity contribution in [1.29, 1.82) is 0 Å². The third-order valence-electron chi connectivity index (χ3n) is 1.76. The number of hydrogen-bond acceptors (Lipinski definition) is 3. The number of carbonyl (C=O) groups is 1. The van der Waals surface area contributed by atoms with Crippen molar-refractivity contribution >= 4 is 34.1 Å². The smallest absolute Gasteiger partial charge is 0.139 e. The van der Waals surface area contributed by atoms with Crippen LogP contribution in [0, 0.1) is 5.41 Å². The summed E-state index contributed by atoms with van der Waals surface area (Å²) in [5.41, 5.74) is -0.222. The van der Waals surface area contributed by atoms with E-state index in [1.54, 1.807) is 11.8 Å². The lowest BCUT2D eigenvalue weighted by atomic mass is 9.89. The van der Waals surface area contributed by atoms with Crippen molar-refractivity contribution in [3.8, 4) is 0 Å². The molecule has 0 saturated heterocycles. The summed E-state index contributed by atoms with van der Waals surface area (Å²) in [6.07, 6.45) is 0.599. The lowest BCUT2D eigenvalue weighted by Gasteiger charge is -2.17. The maximum Gasteiger partial charge on any atom is 0.139 e. The minimum Gasteiger partial charge on any atom is -0.364 e. The molecule has 0 N–H and O–H groups in total. The highest BCUT2D eigenvalue weighted by Crippen LogP contribution is 2.18. The summed E-state index contributed by atoms with van der Waals surface area (Å²) >= 11 is 6.67. The van der Waals surface area contributed by atoms with E-state index in [1.165, 1.54) is 0 Å². The lowest BCUT2D eigenvalue weighted by molar-refractivity contribution is -0.125. The maximum absolute atomic E-state index is 11.5. The SMILES string of the molecule is CN(C)C(=S)SCCC(=O)C(C)(C)C. The molecule has 0 amide bonds. The van der Waals surface area contributed by atoms with Crippen molar-refractivity contribution in [2.75, 3.05) is 19.8 Å². The molecule has 0 aliphatic carbocycles. The monoisotopic (exact) mass is 233 g/mol. The summed E-state index contributed by atoms with van der Waals surface area (Å²) in [6, 6.07) is 0. The zero-order valence-electron chi connectivity index (χ0n) is 9.59. The van der Waals surface area contributed by atoms with Crippen LogP contribution >= 0.6 is 24.0 Å². The third-order valence-corrected chi connectivity index (χ3v) is 3.50. The molecule has 0 aromatic heterocycles. The first kappa shape index (κ1) is 13.9. The minimum absolute atomic E-state index is 0.222. The Balaban J connectivity index is 3.76. The van der Waals surface area contributed by atoms with Crippen molar-refractivity contribution < 1.29 is 4.79 Å². The van der Waals surface area contributed by atoms with Gasteiger partial charge in [0.15, 0.2) is 0 Å². The highest BCUT2D eigenvalue weighted by atomic mass is 32.2. The summed E-state index contributed by atoms with van der Waals surface area (Å²) in [7, 11) is 3.84. The summed E-state index contributed by atoms with van der Waals surface area (Å²) in [5.74, 6) is 1.08. The van der Waals surface area contributed by atoms with E-state index in [2.05, 4.69) is 0 Å². The van der Waals surface area contributed by atoms with E-state index in [0.29, 0.717) is 12.2 Å². The van der Waals surface area contributed by atoms with Crippen LogP contribution in [-0.2, 0) is 4.79 Å². The van der Waals surface area contributed by atoms with Gasteiger partial charge in [0.2, 0.25) is 0 Å². The molecule has 0 radical (unpaired) electrons. The molecule has 0 fully saturated rings. The van der Waals surface area contributed by atoms with Crippen LogP contribution in [0.2, 0.25) is 0 Å². The van der Waals surface area contributed by atoms with Crippen molar-refractivity contribution in [2.45, 2.75) is 27.2 Å². The first-order valence-electron chi connectivity index (χ1n) is 4.62. The molecule has 0 unspecified atom stereocenters. The van der Waals surface area contributed by atoms with E-state index in [0.717, 1.165) is 10.1 Å². The van der Waals surface area contributed by atoms with Gasteiger partial charge in [0, 0.05) is 31.7 Å². The first-order valence-corrected chi connectivity index (χ1v) is 6.02. The standard InChI is InChI=1S/C10H19NOS2/c1-10(2,3)8(12)6-7-14-9(13)11(4)5/h6-7H2,1-5H3. The van der Waals surface area contributed by atoms with Gasteiger partial charge in [0.1, 0.15) is 10.1 Å². The molecular formula is C10H19NOS2. The second kappa shape index (κ2) is 5.71. The van der Waals surface area contributed by atoms with Gasteiger partial charge in [0.25, 0.3) is 0 Å². The average Bonchev–Trinajstić information content (AvgIpc) is 2.01. The summed E-state index contributed by atoms with van der Waals surface area (Å²) < 4.78 is 0.840. The van der Waals surface area contributed by atoms with Gasteiger partial charge in [-0.1, -0.05) is 44.8 Å². The lowest BCUT2D eigenvalue weighted by Crippen LogP contribution is -2.21. The molecule has 0 aromatic carbocycles. The van der Waals surface area contributed by atoms with Crippen LogP contribution in [0.4, 0.5) is 0 Å². The molecular weight excluding hydrogens is 214 g/mol. The number of hydrogen-bond donors (Lipinski definition) is 0. The number of Topliss-reactive ketones (excluding diaryl/α,β-unsaturated/α-hetero) is 1. The molecule has 0 aliphatic rings. The molecule has 0 saturated carbocycles. The van der Waals surface area contributed by atoms with Crippen molar-refractivity contribution in [3.63, 3.8) is 0 Å². The predicted molar refractivity (Wildman–Crippen MR) is 67.8 cm³/mol. The Kier molecular flexibility index (Phi) is 5.67. The van der Waals surface area contributed by atoms with Crippen LogP contribution in [0.5, 0.6) is 0 Å². The zero-order valence-corrected chi connectivity index (χ0v) is 11.2. The summed E-state index contributed by atoms with van der Waals surface area (Å²) in [4.78, 5) is 13.4. The largest absolute Gasteiger partial charge is 0.364 e. The fourth-order valence-corrected chi connectivity index (χ4v) is 1.71. The number of ketones is 1. The molecule has 4 heteroatoms. The number of carbonyl (C=O) groups excluding carboxylic acids is 1. The van der Waals surface area contributed by atoms with Gasteiger partial charge in [-0.3, -0.25) is 4.79 Å². The van der Waals surface area contributed by atoms with E-state index >= 15 is 0 Å². The fourth-order valence-electron chi connectivity index (χ4n) is 0.735. The van der Waals surface area contributed by atoms with Crippen LogP contribution in [0.15, 0.2) is 0 Å². The molecule has 0 aliphatic heterocycles. The van der Waals surface area contributed by atoms with Crippen LogP contribution < -0.4 is 0 Å². The normalized spacial score (nSPS) is 11.2. The van der Waals surface area contributed by atoms with Crippen molar-refractivity contribution in [2.24, 2.45) is 5.41 Å². The molecule has 2 nitrogen and oxygen atoms in total. The van der Waals surface area contributed by atoms with Crippen LogP contribution in [0.1, 0.15) is 27.2 Å². The van der Waals surface area contributed by atoms with Crippen LogP contribution in [0.25, 0.3) is 0 Å². The first-order chi connectivity index (χ1) is 6.25. The van der Waals surface area contributed by atoms with E-state index in [1.807, 2.05) is 39.8 Å². The molecule has 82 valence electrons. The Labute approximate surface area is 96.4 Å². The van der Waals surface area contributed by atoms with E-state index in [4.69, 9.17) is 12.2 Å². The quantitative estimate of drug-likeness (QED) is 0.698. The Bertz CT molecular complexity index is 219. The zero-order chi connectivity index (χ0) is 11.4. The van der Waals surface area contributed by atoms with Gasteiger partial charge < -0.3 is 4.90 Å². The molecule has 0 aromatic rings. The second-order valence-corrected chi connectivity index (χ2v) is 6.16. The predicted octanol–water partition coefficient (Wildman–Crippen LogP) is 2.57. The third kappa shape index (κ3) is 5.60. The maximum atomic E-state index is 11.5. The Morgan fingerprint density at radius 3 is 2.21 bits per heavy atom. The molecule has 0 spiro atoms. The summed E-state index contributed by atoms with van der Waals surface area (Å²) in [5, 5.41) is 0. The minimum atomic E-state index is -0.222. The van der Waals surface area contributed by atoms with E-state index in [-0.39, 0.29) is 5.41 Å². The number of thiocarbonyl (C=S) groups is 1. The molecule has 0 heterocycles. The van der Waals surface area contributed by atoms with Gasteiger partial charge in [-0.25, -0.2) is 0 Å². The molecule has 0 atom stereocenters. The van der Waals surface area contributed by atoms with Crippen LogP contribution in [-0.4, -0.2) is 34.9 Å². The van der Waals surface area contributed by atoms with Gasteiger partial charge in [0.05, 0.1) is 0 Å². The summed E-state index contributed by atoms with van der Waals surface area (Å²) in [6.45, 7) is 5.85.